The van der Waals surface area contributed by atoms with Crippen molar-refractivity contribution in [3.8, 4) is 11.5 Å². The Labute approximate surface area is 550 Å². The molecular weight excluding hydrogens is 1320 g/mol. The molecule has 0 aromatic heterocycles. The molecule has 95 heavy (non-hydrogen) atoms. The average molecular weight is 1410 g/mol. The van der Waals surface area contributed by atoms with E-state index in [2.05, 4.69) is 0 Å². The average Bonchev–Trinajstić information content (AvgIpc) is 0.800. The van der Waals surface area contributed by atoms with Gasteiger partial charge in [0.1, 0.15) is 170 Å². The Hall–Kier alpha value is -2.58. The molecular formula is C58H86O35S2. The lowest BCUT2D eigenvalue weighted by molar-refractivity contribution is -0.395. The van der Waals surface area contributed by atoms with Crippen LogP contribution in [-0.4, -0.2) is 371 Å². The number of aliphatic hydroxyl groups excluding tert-OH is 19. The second-order valence-corrected chi connectivity index (χ2v) is 26.1. The minimum atomic E-state index is -2.20. The third-order valence-corrected chi connectivity index (χ3v) is 20.0. The molecule has 0 amide bonds. The van der Waals surface area contributed by atoms with Gasteiger partial charge in [0.25, 0.3) is 0 Å². The molecule has 21 heterocycles. The second kappa shape index (κ2) is 33.5. The zero-order valence-corrected chi connectivity index (χ0v) is 52.7. The normalized spacial score (nSPS) is 47.0. The van der Waals surface area contributed by atoms with Gasteiger partial charge in [-0.3, -0.25) is 0 Å². The molecule has 21 saturated heterocycles. The maximum atomic E-state index is 11.9. The van der Waals surface area contributed by atoms with Crippen molar-refractivity contribution in [2.24, 2.45) is 0 Å². The van der Waals surface area contributed by atoms with Gasteiger partial charge in [-0.05, 0) is 35.4 Å². The quantitative estimate of drug-likeness (QED) is 0.0787. The molecule has 21 aliphatic rings. The summed E-state index contributed by atoms with van der Waals surface area (Å²) in [5.74, 6) is 1.46. The summed E-state index contributed by atoms with van der Waals surface area (Å²) in [4.78, 5) is 0. The van der Waals surface area contributed by atoms with Gasteiger partial charge in [-0.2, -0.15) is 23.5 Å². The van der Waals surface area contributed by atoms with Crippen LogP contribution in [0.15, 0.2) is 48.5 Å². The summed E-state index contributed by atoms with van der Waals surface area (Å²) >= 11 is 2.42. The number of ether oxygens (including phenoxy) is 16. The van der Waals surface area contributed by atoms with E-state index < -0.39 is 248 Å². The van der Waals surface area contributed by atoms with Crippen molar-refractivity contribution in [1.82, 2.24) is 0 Å². The maximum Gasteiger partial charge on any atom is 0.187 e. The molecule has 0 aliphatic carbocycles. The summed E-state index contributed by atoms with van der Waals surface area (Å²) in [5, 5.41) is 217. The second-order valence-electron chi connectivity index (χ2n) is 24.0. The highest BCUT2D eigenvalue weighted by molar-refractivity contribution is 7.98. The molecule has 23 rings (SSSR count). The molecule has 0 saturated carbocycles. The zero-order valence-electron chi connectivity index (χ0n) is 51.0. The number of thioether (sulfide) groups is 2. The van der Waals surface area contributed by atoms with Crippen molar-refractivity contribution in [2.45, 2.75) is 226 Å². The molecule has 19 N–H and O–H groups in total. The van der Waals surface area contributed by atoms with Crippen LogP contribution in [0.4, 0.5) is 0 Å². The highest BCUT2D eigenvalue weighted by atomic mass is 32.2. The monoisotopic (exact) mass is 1410 g/mol. The van der Waals surface area contributed by atoms with Crippen molar-refractivity contribution in [3.63, 3.8) is 0 Å². The molecule has 0 radical (unpaired) electrons. The minimum Gasteiger partial charge on any atom is -0.497 e. The molecule has 0 spiro atoms. The van der Waals surface area contributed by atoms with Gasteiger partial charge < -0.3 is 173 Å². The Morgan fingerprint density at radius 2 is 0.442 bits per heavy atom. The van der Waals surface area contributed by atoms with Crippen LogP contribution in [0.3, 0.4) is 0 Å². The maximum absolute atomic E-state index is 11.9. The molecule has 35 nitrogen and oxygen atoms in total. The molecule has 37 heteroatoms. The lowest BCUT2D eigenvalue weighted by Crippen LogP contribution is -2.68. The molecule has 21 aliphatic heterocycles. The van der Waals surface area contributed by atoms with Crippen molar-refractivity contribution < 1.29 is 173 Å². The van der Waals surface area contributed by atoms with E-state index in [1.54, 1.807) is 48.5 Å². The first-order chi connectivity index (χ1) is 45.6. The number of methoxy groups -OCH3 is 2. The molecule has 14 bridgehead atoms. The smallest absolute Gasteiger partial charge is 0.187 e. The fourth-order valence-electron chi connectivity index (χ4n) is 12.4. The standard InChI is InChI=1S/C58H86O35S2/c1-78-22-7-3-20(4-8-22)16-94-18-29-50-37(70)44(77)58(86-29)91-49-28(15-63)82-54(40(73)33(49)66)89-47-26(13-61)84-56(42(75)35(47)68)93-51-30(19-95-17-21-5-9-23(79-2)10-6-21)85-57(43(76)36(51)69)90-48-27(14-62)81-53(39(72)32(48)65)87-45-24(11-59)80-52(38(71)31(45)64)88-46-25(12-60)83-55(92-50)41(74)34(46)67/h3-10,24-77H,11-19H2,1-2H3/t24-,25-,26-,27-,28-,29-,30-,31-,32-,33-,34-,35-,36-,37-,38-,39-,40-,41-,42-,43-,44-,45-,46-,47-,48-,49-,50-,51-,52-,53-,54-,55-,56-,57-,58-/m1/s1. The summed E-state index contributed by atoms with van der Waals surface area (Å²) < 4.78 is 94.2. The van der Waals surface area contributed by atoms with Crippen molar-refractivity contribution in [2.75, 3.05) is 58.8 Å². The lowest BCUT2D eigenvalue weighted by Gasteiger charge is -2.50. The van der Waals surface area contributed by atoms with E-state index in [0.29, 0.717) is 11.5 Å². The number of benzene rings is 2. The van der Waals surface area contributed by atoms with Gasteiger partial charge in [0.2, 0.25) is 0 Å². The van der Waals surface area contributed by atoms with Crippen LogP contribution in [0.1, 0.15) is 11.1 Å². The highest BCUT2D eigenvalue weighted by Gasteiger charge is 2.60. The van der Waals surface area contributed by atoms with E-state index in [1.165, 1.54) is 37.7 Å². The van der Waals surface area contributed by atoms with Gasteiger partial charge in [0.15, 0.2) is 44.0 Å². The van der Waals surface area contributed by atoms with Crippen LogP contribution in [0.2, 0.25) is 0 Å². The predicted octanol–water partition coefficient (Wildman–Crippen LogP) is -9.33. The van der Waals surface area contributed by atoms with E-state index in [-0.39, 0.29) is 23.0 Å². The van der Waals surface area contributed by atoms with Crippen molar-refractivity contribution >= 4 is 23.5 Å². The fraction of sp³-hybridized carbons (Fsp3) is 0.793. The Kier molecular flexibility index (Phi) is 26.5. The van der Waals surface area contributed by atoms with E-state index in [4.69, 9.17) is 75.8 Å². The number of aliphatic hydroxyl groups is 19. The molecule has 35 atom stereocenters. The predicted molar refractivity (Wildman–Crippen MR) is 313 cm³/mol. The largest absolute Gasteiger partial charge is 0.497 e. The molecule has 0 unspecified atom stereocenters. The van der Waals surface area contributed by atoms with Gasteiger partial charge in [-0.1, -0.05) is 24.3 Å². The summed E-state index contributed by atoms with van der Waals surface area (Å²) in [7, 11) is 2.98. The number of hydrogen-bond donors (Lipinski definition) is 19. The van der Waals surface area contributed by atoms with Crippen LogP contribution in [0.25, 0.3) is 0 Å². The first-order valence-corrected chi connectivity index (χ1v) is 33.0. The van der Waals surface area contributed by atoms with E-state index in [0.717, 1.165) is 11.1 Å². The van der Waals surface area contributed by atoms with Crippen LogP contribution < -0.4 is 9.47 Å². The first kappa shape index (κ1) is 75.1. The molecule has 2 aromatic rings. The Bertz CT molecular complexity index is 2590. The highest BCUT2D eigenvalue weighted by Crippen LogP contribution is 2.40. The summed E-state index contributed by atoms with van der Waals surface area (Å²) in [5.41, 5.74) is 1.57. The van der Waals surface area contributed by atoms with Gasteiger partial charge in [0.05, 0.1) is 59.5 Å². The third-order valence-electron chi connectivity index (χ3n) is 17.8. The Morgan fingerprint density at radius 3 is 0.621 bits per heavy atom. The van der Waals surface area contributed by atoms with E-state index in [9.17, 15) is 97.0 Å². The van der Waals surface area contributed by atoms with Crippen LogP contribution in [0.5, 0.6) is 11.5 Å². The van der Waals surface area contributed by atoms with Crippen LogP contribution in [-0.2, 0) is 77.8 Å². The first-order valence-electron chi connectivity index (χ1n) is 30.7. The van der Waals surface area contributed by atoms with Crippen molar-refractivity contribution in [3.05, 3.63) is 59.7 Å². The summed E-state index contributed by atoms with van der Waals surface area (Å²) in [6.07, 6.45) is -68.1. The lowest BCUT2D eigenvalue weighted by atomic mass is 9.95. The zero-order chi connectivity index (χ0) is 68.3. The molecule has 540 valence electrons. The summed E-state index contributed by atoms with van der Waals surface area (Å²) in [6.45, 7) is -5.10. The van der Waals surface area contributed by atoms with E-state index >= 15 is 0 Å². The van der Waals surface area contributed by atoms with Crippen LogP contribution in [0, 0.1) is 0 Å². The minimum absolute atomic E-state index is 0.121. The SMILES string of the molecule is COc1ccc(CSC[C@H]2O[C@@H]3O[C@H]4[C@H](O)[C@@H](O)[C@@H](O[C@H]5[C@H](O)[C@@H](O)[C@@H](O[C@H]6[C@H](O)[C@@H](O)[C@@H](O[C@H]7[C@H](O)[C@@H](O)[C@@H](O[C@H]8[C@H](O)[C@@H](O)[C@@H](O[C@H]9[C@H](O)[C@@H](O)[C@@H](O[C@H]2[C@H](O)[C@H]3O)O[C@@H]9CO)O[C@@H]8CO)O[C@@H]7CO)O[C@@H]6CSCc2ccc(OC)cc2)O[C@@H]5CO)O[C@@H]4CO)cc1. The van der Waals surface area contributed by atoms with Gasteiger partial charge >= 0.3 is 0 Å². The van der Waals surface area contributed by atoms with Crippen molar-refractivity contribution in [1.29, 1.82) is 0 Å². The van der Waals surface area contributed by atoms with Gasteiger partial charge in [-0.15, -0.1) is 0 Å². The number of hydrogen-bond acceptors (Lipinski definition) is 37. The van der Waals surface area contributed by atoms with E-state index in [1.807, 2.05) is 0 Å². The summed E-state index contributed by atoms with van der Waals surface area (Å²) in [6, 6.07) is 13.9. The molecule has 2 aromatic carbocycles. The third kappa shape index (κ3) is 16.4. The fourth-order valence-corrected chi connectivity index (χ4v) is 14.5. The Morgan fingerprint density at radius 1 is 0.263 bits per heavy atom. The van der Waals surface area contributed by atoms with Crippen LogP contribution >= 0.6 is 23.5 Å². The number of rotatable bonds is 15. The van der Waals surface area contributed by atoms with Gasteiger partial charge in [-0.25, -0.2) is 0 Å². The topological polar surface area (TPSA) is 532 Å². The molecule has 21 fully saturated rings. The van der Waals surface area contributed by atoms with Gasteiger partial charge in [0, 0.05) is 23.0 Å². The Balaban J connectivity index is 0.949.